The number of aryl methyl sites for hydroxylation is 5. The lowest BCUT2D eigenvalue weighted by Crippen LogP contribution is -2.25. The first kappa shape index (κ1) is 77.4. The van der Waals surface area contributed by atoms with E-state index in [2.05, 4.69) is 119 Å². The monoisotopic (exact) mass is 1430 g/mol. The summed E-state index contributed by atoms with van der Waals surface area (Å²) in [5.41, 5.74) is 8.72. The van der Waals surface area contributed by atoms with Crippen LogP contribution in [0.25, 0.3) is 56.9 Å². The van der Waals surface area contributed by atoms with Crippen LogP contribution in [0.3, 0.4) is 0 Å². The number of esters is 5. The Bertz CT molecular complexity index is 4570. The molecular weight excluding hydrogens is 1350 g/mol. The number of methoxy groups -OCH3 is 1. The van der Waals surface area contributed by atoms with Gasteiger partial charge < -0.3 is 23.7 Å². The molecule has 33 heteroatoms. The fraction of sp³-hybridized carbons (Fsp3) is 0.352. The van der Waals surface area contributed by atoms with Crippen molar-refractivity contribution < 1.29 is 60.8 Å². The average Bonchev–Trinajstić information content (AvgIpc) is 1.53. The molecule has 2 aliphatic rings. The van der Waals surface area contributed by atoms with Crippen LogP contribution in [-0.2, 0) is 58.9 Å². The highest BCUT2D eigenvalue weighted by Crippen LogP contribution is 2.30. The molecule has 0 spiro atoms. The second-order valence-electron chi connectivity index (χ2n) is 23.8. The van der Waals surface area contributed by atoms with Crippen LogP contribution >= 0.6 is 0 Å². The molecule has 2 aliphatic carbocycles. The van der Waals surface area contributed by atoms with Crippen LogP contribution in [0.2, 0.25) is 0 Å². The van der Waals surface area contributed by atoms with Crippen molar-refractivity contribution in [3.05, 3.63) is 173 Å². The highest BCUT2D eigenvalue weighted by molar-refractivity contribution is 5.92. The third-order valence-corrected chi connectivity index (χ3v) is 16.2. The van der Waals surface area contributed by atoms with Gasteiger partial charge in [-0.2, -0.15) is 13.2 Å². The van der Waals surface area contributed by atoms with Gasteiger partial charge in [0.15, 0.2) is 35.7 Å². The van der Waals surface area contributed by atoms with E-state index in [9.17, 15) is 37.1 Å². The van der Waals surface area contributed by atoms with E-state index in [-0.39, 0.29) is 36.2 Å². The normalized spacial score (nSPS) is 13.5. The molecule has 0 aliphatic heterocycles. The number of hydrogen-bond acceptors (Lipinski definition) is 25. The van der Waals surface area contributed by atoms with Gasteiger partial charge in [0.25, 0.3) is 0 Å². The molecule has 12 rings (SSSR count). The van der Waals surface area contributed by atoms with E-state index >= 15 is 0 Å². The number of tetrazole rings is 5. The predicted octanol–water partition coefficient (Wildman–Crippen LogP) is 10.0. The van der Waals surface area contributed by atoms with E-state index in [4.69, 9.17) is 14.2 Å². The minimum absolute atomic E-state index is 0.0777. The van der Waals surface area contributed by atoms with Gasteiger partial charge in [-0.25, -0.2) is 47.4 Å². The van der Waals surface area contributed by atoms with E-state index < -0.39 is 30.6 Å². The molecule has 5 aromatic carbocycles. The summed E-state index contributed by atoms with van der Waals surface area (Å²) in [6, 6.07) is 34.2. The Morgan fingerprint density at radius 2 is 0.846 bits per heavy atom. The summed E-state index contributed by atoms with van der Waals surface area (Å²) < 4.78 is 70.1. The van der Waals surface area contributed by atoms with Gasteiger partial charge in [0, 0.05) is 69.5 Å². The molecular formula is C71H77F3N20O10. The zero-order valence-electron chi connectivity index (χ0n) is 58.7. The summed E-state index contributed by atoms with van der Waals surface area (Å²) in [7, 11) is 10.1. The number of carbonyl (C=O) groups is 5. The number of ether oxygens (including phenoxy) is 5. The van der Waals surface area contributed by atoms with Crippen LogP contribution in [-0.4, -0.2) is 170 Å². The third kappa shape index (κ3) is 22.3. The molecule has 104 heavy (non-hydrogen) atoms. The second kappa shape index (κ2) is 37.9. The van der Waals surface area contributed by atoms with Crippen LogP contribution in [0.5, 0.6) is 0 Å². The average molecular weight is 1430 g/mol. The van der Waals surface area contributed by atoms with Gasteiger partial charge in [-0.15, -0.1) is 31.4 Å². The first-order valence-corrected chi connectivity index (χ1v) is 32.8. The van der Waals surface area contributed by atoms with Gasteiger partial charge in [0.2, 0.25) is 0 Å². The smallest absolute Gasteiger partial charge is 0.394 e. The molecule has 30 nitrogen and oxygen atoms in total. The molecule has 1 saturated carbocycles. The van der Waals surface area contributed by atoms with Crippen molar-refractivity contribution in [3.8, 4) is 68.8 Å². The summed E-state index contributed by atoms with van der Waals surface area (Å²) in [6.07, 6.45) is 7.16. The number of allylic oxidation sites excluding steroid dienone is 2. The molecule has 0 radical (unpaired) electrons. The van der Waals surface area contributed by atoms with E-state index in [0.717, 1.165) is 80.5 Å². The molecule has 0 bridgehead atoms. The van der Waals surface area contributed by atoms with Crippen molar-refractivity contribution >= 4 is 29.8 Å². The summed E-state index contributed by atoms with van der Waals surface area (Å²) in [6.45, 7) is 8.75. The van der Waals surface area contributed by atoms with E-state index in [1.54, 1.807) is 139 Å². The van der Waals surface area contributed by atoms with E-state index in [1.807, 2.05) is 31.2 Å². The number of rotatable bonds is 17. The van der Waals surface area contributed by atoms with Crippen molar-refractivity contribution in [3.63, 3.8) is 0 Å². The summed E-state index contributed by atoms with van der Waals surface area (Å²) in [5.74, 6) is 5.44. The van der Waals surface area contributed by atoms with Crippen LogP contribution in [0.15, 0.2) is 145 Å². The zero-order valence-corrected chi connectivity index (χ0v) is 58.7. The van der Waals surface area contributed by atoms with Gasteiger partial charge in [-0.1, -0.05) is 105 Å². The maximum atomic E-state index is 12.3. The van der Waals surface area contributed by atoms with E-state index in [1.165, 1.54) is 41.5 Å². The van der Waals surface area contributed by atoms with Gasteiger partial charge in [-0.05, 0) is 176 Å². The minimum atomic E-state index is -4.39. The number of aromatic nitrogens is 20. The van der Waals surface area contributed by atoms with Crippen molar-refractivity contribution in [2.24, 2.45) is 47.1 Å². The number of nitrogens with zero attached hydrogens (tertiary/aromatic N) is 20. The number of alkyl halides is 3. The quantitative estimate of drug-likeness (QED) is 0.0354. The molecule has 10 aromatic rings. The summed E-state index contributed by atoms with van der Waals surface area (Å²) >= 11 is 0. The van der Waals surface area contributed by atoms with Gasteiger partial charge in [0.05, 0.1) is 40.8 Å². The molecule has 0 amide bonds. The van der Waals surface area contributed by atoms with E-state index in [0.29, 0.717) is 69.5 Å². The van der Waals surface area contributed by atoms with Crippen LogP contribution in [0, 0.1) is 23.7 Å². The molecule has 0 saturated heterocycles. The summed E-state index contributed by atoms with van der Waals surface area (Å²) in [5, 5.41) is 56.0. The number of carbonyl (C=O) groups excluding carboxylic acids is 5. The number of hydrogen-bond donors (Lipinski definition) is 0. The standard InChI is InChI=1S/C19H22N4O2.C15H18N4O2.C14H14N4O2.C13H13F3N4O2.C10H10N4O2/c1-13(2)15-6-4-14(5-7-15)12-25-19(24)17-10-8-16(9-11-17)18-20-21-22-23(18)3;1-19-14(16-17-18-19)11-7-9-12(10-8-11)15(20)21-13-5-3-2-4-6-13;1-3-4-5-10-20-14(19)12-8-6-11(7-9-12)13-15-16-17-18(13)2;1-8(13(14,15)16)7-22-12(21)10-5-3-9(4-6-10)11-17-18-19-20(11)2;1-14-9(11-12-13-14)7-3-5-8(6-4-7)10(15)16-2/h4,8-11,15H,1,5-7,12H2,2-3H3;7-10,13H,2-6H2,1H3;6-9H,3,10H2,1-2H3;3-6,8H,7H2,1-2H3;3-6H,1-2H3. The van der Waals surface area contributed by atoms with Gasteiger partial charge >= 0.3 is 36.0 Å². The fourth-order valence-corrected chi connectivity index (χ4v) is 10.1. The van der Waals surface area contributed by atoms with Crippen LogP contribution < -0.4 is 0 Å². The lowest BCUT2D eigenvalue weighted by atomic mass is 9.86. The first-order chi connectivity index (χ1) is 50.0. The molecule has 542 valence electrons. The lowest BCUT2D eigenvalue weighted by molar-refractivity contribution is -0.178. The highest BCUT2D eigenvalue weighted by Gasteiger charge is 2.37. The Labute approximate surface area is 596 Å². The van der Waals surface area contributed by atoms with Crippen molar-refractivity contribution in [2.45, 2.75) is 90.8 Å². The molecule has 5 heterocycles. The molecule has 0 N–H and O–H groups in total. The summed E-state index contributed by atoms with van der Waals surface area (Å²) in [4.78, 5) is 59.0. The SMILES string of the molecule is C=C(C)C1CC=C(COC(=O)c2ccc(-c3nnnn3C)cc2)CC1.CC(COC(=O)c1ccc(-c2nnnn2C)cc1)C(F)(F)F.CCC#CCOC(=O)c1ccc(-c2nnnn2C)cc1.COC(=O)c1ccc(-c2nnnn2C)cc1.Cn1nnnc1-c1ccc(C(=O)OC2CCCCC2)cc1. The fourth-order valence-electron chi connectivity index (χ4n) is 10.1. The third-order valence-electron chi connectivity index (χ3n) is 16.2. The number of halogens is 3. The molecule has 2 atom stereocenters. The minimum Gasteiger partial charge on any atom is -0.465 e. The van der Waals surface area contributed by atoms with Crippen molar-refractivity contribution in [1.82, 2.24) is 101 Å². The zero-order chi connectivity index (χ0) is 74.7. The Hall–Kier alpha value is -12.4. The largest absolute Gasteiger partial charge is 0.465 e. The second-order valence-corrected chi connectivity index (χ2v) is 23.8. The van der Waals surface area contributed by atoms with Crippen molar-refractivity contribution in [1.29, 1.82) is 0 Å². The first-order valence-electron chi connectivity index (χ1n) is 32.8. The van der Waals surface area contributed by atoms with Crippen LogP contribution in [0.1, 0.15) is 130 Å². The molecule has 1 fully saturated rings. The maximum absolute atomic E-state index is 12.3. The van der Waals surface area contributed by atoms with Crippen molar-refractivity contribution in [2.75, 3.05) is 26.9 Å². The lowest BCUT2D eigenvalue weighted by Gasteiger charge is -2.22. The van der Waals surface area contributed by atoms with Gasteiger partial charge in [0.1, 0.15) is 19.3 Å². The number of benzene rings is 5. The Morgan fingerprint density at radius 1 is 0.500 bits per heavy atom. The maximum Gasteiger partial charge on any atom is 0.394 e. The topological polar surface area (TPSA) is 349 Å². The Balaban J connectivity index is 0.000000166. The molecule has 2 unspecified atom stereocenters. The molecule has 5 aromatic heterocycles. The van der Waals surface area contributed by atoms with Crippen LogP contribution in [0.4, 0.5) is 13.2 Å². The van der Waals surface area contributed by atoms with Gasteiger partial charge in [-0.3, -0.25) is 0 Å². The highest BCUT2D eigenvalue weighted by atomic mass is 19.4. The Morgan fingerprint density at radius 3 is 1.15 bits per heavy atom. The Kier molecular flexibility index (Phi) is 28.2. The predicted molar refractivity (Wildman–Crippen MR) is 369 cm³/mol.